The number of fused-ring (bicyclic) bond motifs is 1. The molecule has 0 atom stereocenters. The molecule has 3 rings (SSSR count). The number of rotatable bonds is 3. The molecule has 2 N–H and O–H groups in total. The monoisotopic (exact) mass is 269 g/mol. The lowest BCUT2D eigenvalue weighted by Crippen LogP contribution is -2.30. The Labute approximate surface area is 120 Å². The van der Waals surface area contributed by atoms with Gasteiger partial charge in [-0.1, -0.05) is 44.2 Å². The van der Waals surface area contributed by atoms with Gasteiger partial charge in [-0.25, -0.2) is 4.98 Å². The van der Waals surface area contributed by atoms with Gasteiger partial charge in [0.25, 0.3) is 0 Å². The average molecular weight is 269 g/mol. The molecule has 1 aliphatic heterocycles. The van der Waals surface area contributed by atoms with Gasteiger partial charge in [0.1, 0.15) is 5.82 Å². The first-order valence-corrected chi connectivity index (χ1v) is 7.49. The quantitative estimate of drug-likeness (QED) is 0.930. The third-order valence-corrected chi connectivity index (χ3v) is 4.30. The Morgan fingerprint density at radius 2 is 1.95 bits per heavy atom. The van der Waals surface area contributed by atoms with Gasteiger partial charge < -0.3 is 10.3 Å². The van der Waals surface area contributed by atoms with E-state index in [1.54, 1.807) is 0 Å². The third kappa shape index (κ3) is 2.16. The minimum absolute atomic E-state index is 0.0541. The summed E-state index contributed by atoms with van der Waals surface area (Å²) < 4.78 is 2.41. The Kier molecular flexibility index (Phi) is 3.38. The Morgan fingerprint density at radius 1 is 1.20 bits per heavy atom. The van der Waals surface area contributed by atoms with Crippen LogP contribution in [0.3, 0.4) is 0 Å². The molecule has 0 bridgehead atoms. The summed E-state index contributed by atoms with van der Waals surface area (Å²) in [5.41, 5.74) is 9.71. The van der Waals surface area contributed by atoms with Gasteiger partial charge in [-0.05, 0) is 19.3 Å². The summed E-state index contributed by atoms with van der Waals surface area (Å²) >= 11 is 0. The van der Waals surface area contributed by atoms with Crippen molar-refractivity contribution >= 4 is 0 Å². The van der Waals surface area contributed by atoms with E-state index in [0.717, 1.165) is 18.8 Å². The smallest absolute Gasteiger partial charge is 0.140 e. The molecule has 0 fully saturated rings. The maximum absolute atomic E-state index is 5.97. The van der Waals surface area contributed by atoms with E-state index in [1.165, 1.54) is 29.8 Å². The Balaban J connectivity index is 2.17. The lowest BCUT2D eigenvalue weighted by atomic mass is 9.86. The van der Waals surface area contributed by atoms with Gasteiger partial charge in [0, 0.05) is 29.8 Å². The summed E-state index contributed by atoms with van der Waals surface area (Å²) in [4.78, 5) is 4.99. The van der Waals surface area contributed by atoms with E-state index >= 15 is 0 Å². The lowest BCUT2D eigenvalue weighted by molar-refractivity contribution is 0.490. The minimum atomic E-state index is -0.0541. The zero-order valence-electron chi connectivity index (χ0n) is 12.4. The molecule has 0 spiro atoms. The van der Waals surface area contributed by atoms with Crippen molar-refractivity contribution in [3.8, 4) is 11.4 Å². The first-order chi connectivity index (χ1) is 9.63. The van der Waals surface area contributed by atoms with Gasteiger partial charge in [-0.15, -0.1) is 0 Å². The van der Waals surface area contributed by atoms with E-state index in [-0.39, 0.29) is 5.41 Å². The van der Waals surface area contributed by atoms with Crippen LogP contribution >= 0.6 is 0 Å². The topological polar surface area (TPSA) is 43.8 Å². The minimum Gasteiger partial charge on any atom is -0.330 e. The third-order valence-electron chi connectivity index (χ3n) is 4.30. The van der Waals surface area contributed by atoms with Crippen LogP contribution in [0, 0.1) is 0 Å². The highest BCUT2D eigenvalue weighted by Gasteiger charge is 2.30. The molecule has 3 heteroatoms. The van der Waals surface area contributed by atoms with Crippen molar-refractivity contribution in [1.29, 1.82) is 0 Å². The molecule has 0 aliphatic carbocycles. The predicted molar refractivity (Wildman–Crippen MR) is 82.7 cm³/mol. The lowest BCUT2D eigenvalue weighted by Gasteiger charge is -2.24. The fourth-order valence-electron chi connectivity index (χ4n) is 2.99. The second-order valence-corrected chi connectivity index (χ2v) is 6.29. The first-order valence-electron chi connectivity index (χ1n) is 7.49. The highest BCUT2D eigenvalue weighted by Crippen LogP contribution is 2.33. The number of imidazole rings is 1. The molecule has 20 heavy (non-hydrogen) atoms. The molecular formula is C17H23N3. The standard InChI is InChI=1S/C17H23N3/c1-17(2,12-18)15-14-10-6-7-11-20(14)16(19-15)13-8-4-3-5-9-13/h3-5,8-9H,6-7,10-12,18H2,1-2H3. The van der Waals surface area contributed by atoms with Crippen LogP contribution in [0.15, 0.2) is 30.3 Å². The normalized spacial score (nSPS) is 15.2. The summed E-state index contributed by atoms with van der Waals surface area (Å²) in [7, 11) is 0. The van der Waals surface area contributed by atoms with Crippen LogP contribution < -0.4 is 5.73 Å². The van der Waals surface area contributed by atoms with Crippen molar-refractivity contribution in [2.75, 3.05) is 6.54 Å². The zero-order chi connectivity index (χ0) is 14.2. The first kappa shape index (κ1) is 13.4. The van der Waals surface area contributed by atoms with E-state index in [2.05, 4.69) is 42.7 Å². The SMILES string of the molecule is CC(C)(CN)c1nc(-c2ccccc2)n2c1CCCC2. The molecule has 2 aromatic rings. The van der Waals surface area contributed by atoms with Crippen molar-refractivity contribution in [3.05, 3.63) is 41.7 Å². The summed E-state index contributed by atoms with van der Waals surface area (Å²) in [6.45, 7) is 6.09. The maximum atomic E-state index is 5.97. The molecule has 0 radical (unpaired) electrons. The van der Waals surface area contributed by atoms with Crippen molar-refractivity contribution in [3.63, 3.8) is 0 Å². The van der Waals surface area contributed by atoms with Gasteiger partial charge in [0.15, 0.2) is 0 Å². The highest BCUT2D eigenvalue weighted by molar-refractivity contribution is 5.57. The second-order valence-electron chi connectivity index (χ2n) is 6.29. The summed E-state index contributed by atoms with van der Waals surface area (Å²) in [5.74, 6) is 1.11. The molecule has 0 unspecified atom stereocenters. The van der Waals surface area contributed by atoms with Gasteiger partial charge in [-0.2, -0.15) is 0 Å². The zero-order valence-corrected chi connectivity index (χ0v) is 12.4. The van der Waals surface area contributed by atoms with E-state index in [0.29, 0.717) is 6.54 Å². The molecule has 1 aromatic heterocycles. The number of benzene rings is 1. The van der Waals surface area contributed by atoms with E-state index in [9.17, 15) is 0 Å². The summed E-state index contributed by atoms with van der Waals surface area (Å²) in [6, 6.07) is 10.5. The maximum Gasteiger partial charge on any atom is 0.140 e. The largest absolute Gasteiger partial charge is 0.330 e. The van der Waals surface area contributed by atoms with Crippen LogP contribution in [0.5, 0.6) is 0 Å². The van der Waals surface area contributed by atoms with Gasteiger partial charge >= 0.3 is 0 Å². The van der Waals surface area contributed by atoms with Crippen LogP contribution in [-0.2, 0) is 18.4 Å². The summed E-state index contributed by atoms with van der Waals surface area (Å²) in [6.07, 6.45) is 3.62. The molecule has 3 nitrogen and oxygen atoms in total. The van der Waals surface area contributed by atoms with Crippen LogP contribution in [-0.4, -0.2) is 16.1 Å². The molecule has 1 aromatic carbocycles. The van der Waals surface area contributed by atoms with Crippen molar-refractivity contribution < 1.29 is 0 Å². The fraction of sp³-hybridized carbons (Fsp3) is 0.471. The van der Waals surface area contributed by atoms with E-state index in [1.807, 2.05) is 6.07 Å². The summed E-state index contributed by atoms with van der Waals surface area (Å²) in [5, 5.41) is 0. The average Bonchev–Trinajstić information content (AvgIpc) is 2.88. The Hall–Kier alpha value is -1.61. The number of nitrogens with two attached hydrogens (primary N) is 1. The van der Waals surface area contributed by atoms with Gasteiger partial charge in [0.2, 0.25) is 0 Å². The Bertz CT molecular complexity index is 596. The fourth-order valence-corrected chi connectivity index (χ4v) is 2.99. The molecule has 1 aliphatic rings. The number of nitrogens with zero attached hydrogens (tertiary/aromatic N) is 2. The Morgan fingerprint density at radius 3 is 2.65 bits per heavy atom. The van der Waals surface area contributed by atoms with Crippen molar-refractivity contribution in [1.82, 2.24) is 9.55 Å². The number of hydrogen-bond donors (Lipinski definition) is 1. The van der Waals surface area contributed by atoms with E-state index < -0.39 is 0 Å². The number of hydrogen-bond acceptors (Lipinski definition) is 2. The van der Waals surface area contributed by atoms with Crippen LogP contribution in [0.4, 0.5) is 0 Å². The van der Waals surface area contributed by atoms with Crippen LogP contribution in [0.1, 0.15) is 38.1 Å². The number of aromatic nitrogens is 2. The predicted octanol–water partition coefficient (Wildman–Crippen LogP) is 3.12. The molecule has 0 saturated heterocycles. The van der Waals surface area contributed by atoms with Crippen LogP contribution in [0.25, 0.3) is 11.4 Å². The molecule has 0 amide bonds. The molecule has 106 valence electrons. The van der Waals surface area contributed by atoms with Crippen molar-refractivity contribution in [2.45, 2.75) is 45.1 Å². The van der Waals surface area contributed by atoms with E-state index in [4.69, 9.17) is 10.7 Å². The molecule has 0 saturated carbocycles. The highest BCUT2D eigenvalue weighted by atomic mass is 15.1. The second kappa shape index (κ2) is 5.06. The van der Waals surface area contributed by atoms with Gasteiger partial charge in [-0.3, -0.25) is 0 Å². The van der Waals surface area contributed by atoms with Gasteiger partial charge in [0.05, 0.1) is 5.69 Å². The molecule has 2 heterocycles. The molecular weight excluding hydrogens is 246 g/mol. The van der Waals surface area contributed by atoms with Crippen LogP contribution in [0.2, 0.25) is 0 Å². The van der Waals surface area contributed by atoms with Crippen molar-refractivity contribution in [2.24, 2.45) is 5.73 Å².